The van der Waals surface area contributed by atoms with Crippen molar-refractivity contribution in [2.45, 2.75) is 38.8 Å². The van der Waals surface area contributed by atoms with Gasteiger partial charge in [-0.3, -0.25) is 4.79 Å². The highest BCUT2D eigenvalue weighted by atomic mass is 19.4. The fourth-order valence-electron chi connectivity index (χ4n) is 3.01. The molecule has 8 nitrogen and oxygen atoms in total. The third-order valence-corrected chi connectivity index (χ3v) is 4.57. The van der Waals surface area contributed by atoms with Crippen LogP contribution in [0.2, 0.25) is 0 Å². The average molecular weight is 488 g/mol. The maximum atomic E-state index is 13.1. The Kier molecular flexibility index (Phi) is 6.44. The molecule has 0 spiro atoms. The minimum absolute atomic E-state index is 0.0585. The van der Waals surface area contributed by atoms with Crippen molar-refractivity contribution < 1.29 is 31.1 Å². The number of amides is 1. The van der Waals surface area contributed by atoms with Crippen molar-refractivity contribution in [3.63, 3.8) is 0 Å². The minimum Gasteiger partial charge on any atom is -0.398 e. The molecule has 0 atom stereocenters. The summed E-state index contributed by atoms with van der Waals surface area (Å²) in [5.41, 5.74) is 1.45. The number of carbonyl (C=O) groups excluding carboxylic acids is 1. The predicted molar refractivity (Wildman–Crippen MR) is 108 cm³/mol. The quantitative estimate of drug-likeness (QED) is 0.424. The molecule has 0 aliphatic heterocycles. The second kappa shape index (κ2) is 8.83. The molecule has 0 unspecified atom stereocenters. The van der Waals surface area contributed by atoms with Gasteiger partial charge in [0.2, 0.25) is 0 Å². The third-order valence-electron chi connectivity index (χ3n) is 4.57. The zero-order valence-corrected chi connectivity index (χ0v) is 17.7. The van der Waals surface area contributed by atoms with Gasteiger partial charge in [0.15, 0.2) is 0 Å². The molecule has 1 heterocycles. The number of benzene rings is 2. The standard InChI is InChI=1S/C20H18F6N6O2/c1-10(2)28-17(33)15-5-11(3-4-16(15)27)9-31-18(34)32(30-29-31)14-7-12(19(21,22)23)6-13(8-14)20(24,25)26/h3-8,10H,9,27H2,1-2H3,(H,28,33). The summed E-state index contributed by atoms with van der Waals surface area (Å²) in [6.45, 7) is 3.22. The number of nitrogen functional groups attached to an aromatic ring is 1. The first-order chi connectivity index (χ1) is 15.7. The molecular weight excluding hydrogens is 470 g/mol. The number of hydrogen-bond donors (Lipinski definition) is 2. The number of nitrogens with two attached hydrogens (primary N) is 1. The van der Waals surface area contributed by atoms with Gasteiger partial charge in [-0.15, -0.1) is 0 Å². The molecule has 3 aromatic rings. The SMILES string of the molecule is CC(C)NC(=O)c1cc(Cn2nnn(-c3cc(C(F)(F)F)cc(C(F)(F)F)c3)c2=O)ccc1N. The van der Waals surface area contributed by atoms with Crippen LogP contribution in [0.25, 0.3) is 5.69 Å². The van der Waals surface area contributed by atoms with E-state index in [2.05, 4.69) is 15.7 Å². The number of nitrogens with one attached hydrogen (secondary N) is 1. The molecule has 0 aliphatic rings. The van der Waals surface area contributed by atoms with E-state index in [1.807, 2.05) is 0 Å². The Morgan fingerprint density at radius 2 is 1.59 bits per heavy atom. The summed E-state index contributed by atoms with van der Waals surface area (Å²) >= 11 is 0. The van der Waals surface area contributed by atoms with Crippen molar-refractivity contribution in [3.05, 3.63) is 69.1 Å². The van der Waals surface area contributed by atoms with E-state index in [-0.39, 0.29) is 29.9 Å². The summed E-state index contributed by atoms with van der Waals surface area (Å²) in [4.78, 5) is 24.9. The molecular formula is C20H18F6N6O2. The first kappa shape index (κ1) is 24.8. The van der Waals surface area contributed by atoms with E-state index in [4.69, 9.17) is 5.73 Å². The zero-order valence-electron chi connectivity index (χ0n) is 17.7. The van der Waals surface area contributed by atoms with Gasteiger partial charge in [0.1, 0.15) is 0 Å². The molecule has 14 heteroatoms. The van der Waals surface area contributed by atoms with Crippen molar-refractivity contribution in [2.75, 3.05) is 5.73 Å². The van der Waals surface area contributed by atoms with Crippen molar-refractivity contribution >= 4 is 11.6 Å². The van der Waals surface area contributed by atoms with Gasteiger partial charge in [0.05, 0.1) is 28.9 Å². The van der Waals surface area contributed by atoms with E-state index in [9.17, 15) is 35.9 Å². The van der Waals surface area contributed by atoms with Gasteiger partial charge in [0.25, 0.3) is 5.91 Å². The Morgan fingerprint density at radius 3 is 2.12 bits per heavy atom. The van der Waals surface area contributed by atoms with Crippen LogP contribution in [0.4, 0.5) is 32.0 Å². The van der Waals surface area contributed by atoms with Crippen molar-refractivity contribution in [1.29, 1.82) is 0 Å². The molecule has 2 aromatic carbocycles. The number of carbonyl (C=O) groups is 1. The van der Waals surface area contributed by atoms with Gasteiger partial charge in [0, 0.05) is 11.7 Å². The topological polar surface area (TPSA) is 108 Å². The summed E-state index contributed by atoms with van der Waals surface area (Å²) in [6, 6.07) is 4.80. The first-order valence-corrected chi connectivity index (χ1v) is 9.68. The molecule has 0 fully saturated rings. The maximum absolute atomic E-state index is 13.1. The van der Waals surface area contributed by atoms with E-state index < -0.39 is 40.8 Å². The Labute approximate surface area is 187 Å². The molecule has 1 aromatic heterocycles. The number of anilines is 1. The van der Waals surface area contributed by atoms with E-state index >= 15 is 0 Å². The van der Waals surface area contributed by atoms with Crippen LogP contribution in [0.1, 0.15) is 40.9 Å². The Hall–Kier alpha value is -3.84. The third kappa shape index (κ3) is 5.38. The minimum atomic E-state index is -5.09. The smallest absolute Gasteiger partial charge is 0.398 e. The summed E-state index contributed by atoms with van der Waals surface area (Å²) in [5.74, 6) is -0.464. The number of tetrazole rings is 1. The second-order valence-corrected chi connectivity index (χ2v) is 7.64. The van der Waals surface area contributed by atoms with Crippen LogP contribution in [0.3, 0.4) is 0 Å². The molecule has 34 heavy (non-hydrogen) atoms. The number of rotatable bonds is 5. The Morgan fingerprint density at radius 1 is 1.00 bits per heavy atom. The van der Waals surface area contributed by atoms with Gasteiger partial charge >= 0.3 is 18.0 Å². The van der Waals surface area contributed by atoms with Crippen LogP contribution < -0.4 is 16.7 Å². The summed E-state index contributed by atoms with van der Waals surface area (Å²) in [7, 11) is 0. The summed E-state index contributed by atoms with van der Waals surface area (Å²) in [6.07, 6.45) is -10.2. The molecule has 3 N–H and O–H groups in total. The van der Waals surface area contributed by atoms with Gasteiger partial charge < -0.3 is 11.1 Å². The highest BCUT2D eigenvalue weighted by molar-refractivity contribution is 5.99. The van der Waals surface area contributed by atoms with Crippen molar-refractivity contribution in [1.82, 2.24) is 25.1 Å². The van der Waals surface area contributed by atoms with Crippen LogP contribution in [0, 0.1) is 0 Å². The lowest BCUT2D eigenvalue weighted by atomic mass is 10.1. The molecule has 0 saturated heterocycles. The fraction of sp³-hybridized carbons (Fsp3) is 0.300. The number of halogens is 6. The van der Waals surface area contributed by atoms with Gasteiger partial charge in [-0.25, -0.2) is 4.79 Å². The van der Waals surface area contributed by atoms with E-state index in [0.29, 0.717) is 22.4 Å². The molecule has 1 amide bonds. The largest absolute Gasteiger partial charge is 0.416 e. The highest BCUT2D eigenvalue weighted by Crippen LogP contribution is 2.36. The number of aromatic nitrogens is 4. The highest BCUT2D eigenvalue weighted by Gasteiger charge is 2.37. The summed E-state index contributed by atoms with van der Waals surface area (Å²) < 4.78 is 79.8. The fourth-order valence-corrected chi connectivity index (χ4v) is 3.01. The number of hydrogen-bond acceptors (Lipinski definition) is 5. The molecule has 0 bridgehead atoms. The van der Waals surface area contributed by atoms with Crippen LogP contribution >= 0.6 is 0 Å². The van der Waals surface area contributed by atoms with E-state index in [0.717, 1.165) is 4.68 Å². The van der Waals surface area contributed by atoms with Crippen molar-refractivity contribution in [2.24, 2.45) is 0 Å². The van der Waals surface area contributed by atoms with Crippen molar-refractivity contribution in [3.8, 4) is 5.69 Å². The Balaban J connectivity index is 1.99. The van der Waals surface area contributed by atoms with Crippen LogP contribution in [0.15, 0.2) is 41.2 Å². The van der Waals surface area contributed by atoms with Crippen LogP contribution in [-0.2, 0) is 18.9 Å². The normalized spacial score (nSPS) is 12.3. The van der Waals surface area contributed by atoms with Gasteiger partial charge in [-0.1, -0.05) is 6.07 Å². The summed E-state index contributed by atoms with van der Waals surface area (Å²) in [5, 5.41) is 9.62. The first-order valence-electron chi connectivity index (χ1n) is 9.68. The van der Waals surface area contributed by atoms with Crippen LogP contribution in [0.5, 0.6) is 0 Å². The zero-order chi connectivity index (χ0) is 25.4. The second-order valence-electron chi connectivity index (χ2n) is 7.64. The molecule has 3 rings (SSSR count). The lowest BCUT2D eigenvalue weighted by Crippen LogP contribution is -2.31. The monoisotopic (exact) mass is 488 g/mol. The molecule has 0 aliphatic carbocycles. The molecule has 0 saturated carbocycles. The van der Waals surface area contributed by atoms with E-state index in [1.54, 1.807) is 13.8 Å². The predicted octanol–water partition coefficient (Wildman–Crippen LogP) is 3.24. The van der Waals surface area contributed by atoms with Gasteiger partial charge in [-0.2, -0.15) is 35.7 Å². The lowest BCUT2D eigenvalue weighted by Gasteiger charge is -2.13. The maximum Gasteiger partial charge on any atom is 0.416 e. The lowest BCUT2D eigenvalue weighted by molar-refractivity contribution is -0.143. The van der Waals surface area contributed by atoms with Gasteiger partial charge in [-0.05, 0) is 60.2 Å². The molecule has 182 valence electrons. The number of alkyl halides is 6. The van der Waals surface area contributed by atoms with E-state index in [1.165, 1.54) is 18.2 Å². The molecule has 0 radical (unpaired) electrons. The average Bonchev–Trinajstić information content (AvgIpc) is 3.07. The Bertz CT molecular complexity index is 1240. The van der Waals surface area contributed by atoms with Crippen LogP contribution in [-0.4, -0.2) is 31.7 Å². The number of nitrogens with zero attached hydrogens (tertiary/aromatic N) is 4.